The van der Waals surface area contributed by atoms with Crippen LogP contribution in [0.15, 0.2) is 54.2 Å². The average Bonchev–Trinajstić information content (AvgIpc) is 3.03. The van der Waals surface area contributed by atoms with Crippen LogP contribution in [0.3, 0.4) is 0 Å². The molecule has 1 aromatic carbocycles. The van der Waals surface area contributed by atoms with Crippen LogP contribution in [0.25, 0.3) is 11.3 Å². The number of esters is 1. The maximum absolute atomic E-state index is 11.8. The third-order valence-corrected chi connectivity index (χ3v) is 3.12. The molecule has 0 spiro atoms. The summed E-state index contributed by atoms with van der Waals surface area (Å²) >= 11 is 1.29. The molecule has 0 radical (unpaired) electrons. The van der Waals surface area contributed by atoms with Gasteiger partial charge in [0.1, 0.15) is 11.4 Å². The number of carbonyl (C=O) groups excluding carboxylic acids is 1. The highest BCUT2D eigenvalue weighted by molar-refractivity contribution is 7.03. The van der Waals surface area contributed by atoms with Crippen LogP contribution in [0, 0.1) is 0 Å². The van der Waals surface area contributed by atoms with E-state index >= 15 is 0 Å². The largest absolute Gasteiger partial charge is 0.423 e. The van der Waals surface area contributed by atoms with Gasteiger partial charge in [0.2, 0.25) is 0 Å². The molecule has 20 heavy (non-hydrogen) atoms. The third-order valence-electron chi connectivity index (χ3n) is 2.62. The first-order valence-corrected chi connectivity index (χ1v) is 6.66. The van der Waals surface area contributed by atoms with Crippen LogP contribution < -0.4 is 4.74 Å². The molecule has 0 N–H and O–H groups in total. The number of pyridine rings is 1. The van der Waals surface area contributed by atoms with Gasteiger partial charge in [-0.2, -0.15) is 0 Å². The highest BCUT2D eigenvalue weighted by Crippen LogP contribution is 2.21. The average molecular weight is 283 g/mol. The van der Waals surface area contributed by atoms with Crippen molar-refractivity contribution in [2.24, 2.45) is 0 Å². The zero-order valence-corrected chi connectivity index (χ0v) is 11.1. The van der Waals surface area contributed by atoms with Crippen LogP contribution >= 0.6 is 11.5 Å². The van der Waals surface area contributed by atoms with E-state index in [-0.39, 0.29) is 0 Å². The summed E-state index contributed by atoms with van der Waals surface area (Å²) in [5, 5.41) is 5.83. The van der Waals surface area contributed by atoms with Gasteiger partial charge in [-0.15, -0.1) is 5.10 Å². The summed E-state index contributed by atoms with van der Waals surface area (Å²) in [5.74, 6) is 0.0481. The topological polar surface area (TPSA) is 65.0 Å². The minimum Gasteiger partial charge on any atom is -0.423 e. The van der Waals surface area contributed by atoms with E-state index in [0.29, 0.717) is 11.3 Å². The molecule has 0 aliphatic carbocycles. The Morgan fingerprint density at radius 1 is 1.15 bits per heavy atom. The molecule has 0 atom stereocenters. The van der Waals surface area contributed by atoms with E-state index in [2.05, 4.69) is 14.6 Å². The second-order valence-electron chi connectivity index (χ2n) is 3.95. The zero-order valence-electron chi connectivity index (χ0n) is 10.3. The predicted molar refractivity (Wildman–Crippen MR) is 74.5 cm³/mol. The lowest BCUT2D eigenvalue weighted by atomic mass is 10.2. The summed E-state index contributed by atoms with van der Waals surface area (Å²) in [6.07, 6.45) is 3.07. The van der Waals surface area contributed by atoms with Crippen LogP contribution in [-0.4, -0.2) is 20.5 Å². The van der Waals surface area contributed by atoms with Crippen LogP contribution in [0.5, 0.6) is 5.75 Å². The fourth-order valence-corrected chi connectivity index (χ4v) is 2.10. The van der Waals surface area contributed by atoms with Gasteiger partial charge in [0.25, 0.3) is 0 Å². The number of aromatic nitrogens is 3. The standard InChI is InChI=1S/C14H9N3O2S/c18-14(11-2-1-7-15-8-11)19-12-5-3-10(4-6-12)13-9-20-17-16-13/h1-9H. The van der Waals surface area contributed by atoms with Gasteiger partial charge in [0.05, 0.1) is 5.56 Å². The van der Waals surface area contributed by atoms with Crippen molar-refractivity contribution in [1.82, 2.24) is 14.6 Å². The van der Waals surface area contributed by atoms with E-state index in [1.807, 2.05) is 17.5 Å². The Morgan fingerprint density at radius 3 is 2.65 bits per heavy atom. The van der Waals surface area contributed by atoms with E-state index in [1.54, 1.807) is 30.5 Å². The summed E-state index contributed by atoms with van der Waals surface area (Å²) in [6, 6.07) is 10.5. The zero-order chi connectivity index (χ0) is 13.8. The van der Waals surface area contributed by atoms with Gasteiger partial charge < -0.3 is 4.74 Å². The van der Waals surface area contributed by atoms with Crippen molar-refractivity contribution in [2.75, 3.05) is 0 Å². The normalized spacial score (nSPS) is 10.2. The van der Waals surface area contributed by atoms with Crippen LogP contribution in [0.1, 0.15) is 10.4 Å². The van der Waals surface area contributed by atoms with Crippen molar-refractivity contribution in [3.8, 4) is 17.0 Å². The van der Waals surface area contributed by atoms with Gasteiger partial charge in [-0.3, -0.25) is 4.98 Å². The molecular formula is C14H9N3O2S. The quantitative estimate of drug-likeness (QED) is 0.546. The second kappa shape index (κ2) is 5.58. The van der Waals surface area contributed by atoms with E-state index < -0.39 is 5.97 Å². The Morgan fingerprint density at radius 2 is 2.00 bits per heavy atom. The molecule has 0 aliphatic heterocycles. The Kier molecular flexibility index (Phi) is 3.47. The number of rotatable bonds is 3. The van der Waals surface area contributed by atoms with Gasteiger partial charge >= 0.3 is 5.97 Å². The minimum atomic E-state index is -0.429. The molecule has 5 nitrogen and oxygen atoms in total. The van der Waals surface area contributed by atoms with Gasteiger partial charge in [0.15, 0.2) is 0 Å². The summed E-state index contributed by atoms with van der Waals surface area (Å²) in [7, 11) is 0. The molecular weight excluding hydrogens is 274 g/mol. The summed E-state index contributed by atoms with van der Waals surface area (Å²) < 4.78 is 9.07. The number of nitrogens with zero attached hydrogens (tertiary/aromatic N) is 3. The first-order chi connectivity index (χ1) is 9.83. The number of benzene rings is 1. The molecule has 3 rings (SSSR count). The van der Waals surface area contributed by atoms with Crippen molar-refractivity contribution >= 4 is 17.5 Å². The van der Waals surface area contributed by atoms with Gasteiger partial charge in [-0.1, -0.05) is 4.49 Å². The number of hydrogen-bond acceptors (Lipinski definition) is 6. The molecule has 6 heteroatoms. The number of hydrogen-bond donors (Lipinski definition) is 0. The molecule has 98 valence electrons. The second-order valence-corrected chi connectivity index (χ2v) is 4.56. The van der Waals surface area contributed by atoms with Crippen molar-refractivity contribution in [2.45, 2.75) is 0 Å². The summed E-state index contributed by atoms with van der Waals surface area (Å²) in [4.78, 5) is 15.7. The summed E-state index contributed by atoms with van der Waals surface area (Å²) in [6.45, 7) is 0. The van der Waals surface area contributed by atoms with Crippen molar-refractivity contribution in [3.63, 3.8) is 0 Å². The minimum absolute atomic E-state index is 0.417. The van der Waals surface area contributed by atoms with E-state index in [1.165, 1.54) is 17.7 Å². The molecule has 0 saturated heterocycles. The summed E-state index contributed by atoms with van der Waals surface area (Å²) in [5.41, 5.74) is 2.15. The maximum atomic E-state index is 11.8. The van der Waals surface area contributed by atoms with Crippen molar-refractivity contribution < 1.29 is 9.53 Å². The van der Waals surface area contributed by atoms with Crippen LogP contribution in [0.2, 0.25) is 0 Å². The highest BCUT2D eigenvalue weighted by atomic mass is 32.1. The molecule has 0 saturated carbocycles. The molecule has 0 aliphatic rings. The van der Waals surface area contributed by atoms with Gasteiger partial charge in [-0.05, 0) is 47.9 Å². The lowest BCUT2D eigenvalue weighted by molar-refractivity contribution is 0.0734. The SMILES string of the molecule is O=C(Oc1ccc(-c2csnn2)cc1)c1cccnc1. The fraction of sp³-hybridized carbons (Fsp3) is 0. The molecule has 0 bridgehead atoms. The third kappa shape index (κ3) is 2.70. The monoisotopic (exact) mass is 283 g/mol. The van der Waals surface area contributed by atoms with Crippen LogP contribution in [0.4, 0.5) is 0 Å². The lowest BCUT2D eigenvalue weighted by Gasteiger charge is -2.04. The maximum Gasteiger partial charge on any atom is 0.345 e. The first kappa shape index (κ1) is 12.4. The Hall–Kier alpha value is -2.60. The first-order valence-electron chi connectivity index (χ1n) is 5.82. The lowest BCUT2D eigenvalue weighted by Crippen LogP contribution is -2.08. The van der Waals surface area contributed by atoms with Crippen molar-refractivity contribution in [3.05, 3.63) is 59.7 Å². The Balaban J connectivity index is 1.74. The Bertz CT molecular complexity index is 697. The van der Waals surface area contributed by atoms with Crippen molar-refractivity contribution in [1.29, 1.82) is 0 Å². The molecule has 0 unspecified atom stereocenters. The Labute approximate surface area is 119 Å². The molecule has 0 fully saturated rings. The van der Waals surface area contributed by atoms with E-state index in [0.717, 1.165) is 11.3 Å². The number of carbonyl (C=O) groups is 1. The molecule has 3 aromatic rings. The van der Waals surface area contributed by atoms with E-state index in [9.17, 15) is 4.79 Å². The molecule has 0 amide bonds. The molecule has 2 heterocycles. The van der Waals surface area contributed by atoms with E-state index in [4.69, 9.17) is 4.74 Å². The number of ether oxygens (including phenoxy) is 1. The van der Waals surface area contributed by atoms with Gasteiger partial charge in [-0.25, -0.2) is 4.79 Å². The molecule has 2 aromatic heterocycles. The van der Waals surface area contributed by atoms with Gasteiger partial charge in [0, 0.05) is 23.3 Å². The predicted octanol–water partition coefficient (Wildman–Crippen LogP) is 2.82. The fourth-order valence-electron chi connectivity index (χ4n) is 1.63. The highest BCUT2D eigenvalue weighted by Gasteiger charge is 2.08. The van der Waals surface area contributed by atoms with Crippen LogP contribution in [-0.2, 0) is 0 Å². The smallest absolute Gasteiger partial charge is 0.345 e.